The average Bonchev–Trinajstić information content (AvgIpc) is 3.40. The number of carbonyl (C=O) groups excluding carboxylic acids is 1. The fraction of sp³-hybridized carbons (Fsp3) is 0.636. The number of piperidine rings is 1. The number of carbonyl (C=O) groups is 1. The SMILES string of the molecule is CCC(=O)CSc1nc2cc(S(=O)(=O)N3CCC[C@H](C)C3)ccc2n1C[C@@H]1CCCO1. The van der Waals surface area contributed by atoms with Crippen LogP contribution < -0.4 is 0 Å². The van der Waals surface area contributed by atoms with Gasteiger partial charge in [-0.15, -0.1) is 0 Å². The van der Waals surface area contributed by atoms with E-state index < -0.39 is 10.0 Å². The van der Waals surface area contributed by atoms with Crippen LogP contribution in [0.3, 0.4) is 0 Å². The Balaban J connectivity index is 1.67. The fourth-order valence-corrected chi connectivity index (χ4v) is 6.89. The Morgan fingerprint density at radius 3 is 2.84 bits per heavy atom. The van der Waals surface area contributed by atoms with Crippen LogP contribution in [0.15, 0.2) is 28.3 Å². The molecule has 0 N–H and O–H groups in total. The Labute approximate surface area is 188 Å². The maximum atomic E-state index is 13.2. The lowest BCUT2D eigenvalue weighted by molar-refractivity contribution is -0.116. The minimum atomic E-state index is -3.54. The van der Waals surface area contributed by atoms with Crippen LogP contribution >= 0.6 is 11.8 Å². The Morgan fingerprint density at radius 1 is 1.29 bits per heavy atom. The van der Waals surface area contributed by atoms with Gasteiger partial charge in [0.25, 0.3) is 0 Å². The Hall–Kier alpha value is -1.42. The zero-order chi connectivity index (χ0) is 22.0. The van der Waals surface area contributed by atoms with Gasteiger partial charge in [-0.3, -0.25) is 4.79 Å². The third-order valence-electron chi connectivity index (χ3n) is 6.11. The maximum absolute atomic E-state index is 13.2. The van der Waals surface area contributed by atoms with Crippen molar-refractivity contribution >= 4 is 38.6 Å². The van der Waals surface area contributed by atoms with Gasteiger partial charge >= 0.3 is 0 Å². The quantitative estimate of drug-likeness (QED) is 0.553. The number of ether oxygens (including phenoxy) is 1. The van der Waals surface area contributed by atoms with E-state index in [2.05, 4.69) is 11.5 Å². The topological polar surface area (TPSA) is 81.5 Å². The van der Waals surface area contributed by atoms with Crippen molar-refractivity contribution in [3.8, 4) is 0 Å². The molecule has 2 atom stereocenters. The van der Waals surface area contributed by atoms with E-state index in [9.17, 15) is 13.2 Å². The van der Waals surface area contributed by atoms with E-state index in [-0.39, 0.29) is 16.8 Å². The van der Waals surface area contributed by atoms with Gasteiger partial charge in [0.2, 0.25) is 10.0 Å². The number of rotatable bonds is 8. The summed E-state index contributed by atoms with van der Waals surface area (Å²) in [4.78, 5) is 16.9. The van der Waals surface area contributed by atoms with Crippen LogP contribution in [0.2, 0.25) is 0 Å². The van der Waals surface area contributed by atoms with Gasteiger partial charge in [0, 0.05) is 26.1 Å². The highest BCUT2D eigenvalue weighted by Crippen LogP contribution is 2.30. The number of benzene rings is 1. The lowest BCUT2D eigenvalue weighted by Gasteiger charge is -2.30. The van der Waals surface area contributed by atoms with Crippen molar-refractivity contribution in [1.29, 1.82) is 0 Å². The van der Waals surface area contributed by atoms with E-state index >= 15 is 0 Å². The number of Topliss-reactive ketones (excluding diaryl/α,β-unsaturated/α-hetero) is 1. The van der Waals surface area contributed by atoms with Crippen molar-refractivity contribution in [1.82, 2.24) is 13.9 Å². The Kier molecular flexibility index (Phi) is 7.05. The molecular weight excluding hydrogens is 434 g/mol. The monoisotopic (exact) mass is 465 g/mol. The summed E-state index contributed by atoms with van der Waals surface area (Å²) in [6, 6.07) is 5.22. The van der Waals surface area contributed by atoms with Crippen LogP contribution in [0.1, 0.15) is 46.0 Å². The highest BCUT2D eigenvalue weighted by molar-refractivity contribution is 7.99. The number of hydrogen-bond donors (Lipinski definition) is 0. The molecule has 0 amide bonds. The average molecular weight is 466 g/mol. The summed E-state index contributed by atoms with van der Waals surface area (Å²) in [5, 5.41) is 0.744. The summed E-state index contributed by atoms with van der Waals surface area (Å²) < 4.78 is 35.9. The van der Waals surface area contributed by atoms with Crippen molar-refractivity contribution in [3.63, 3.8) is 0 Å². The molecule has 2 aliphatic heterocycles. The molecule has 1 aromatic heterocycles. The molecule has 0 unspecified atom stereocenters. The molecule has 2 aliphatic rings. The van der Waals surface area contributed by atoms with Crippen LogP contribution in [-0.2, 0) is 26.1 Å². The highest BCUT2D eigenvalue weighted by atomic mass is 32.2. The van der Waals surface area contributed by atoms with Crippen molar-refractivity contribution < 1.29 is 17.9 Å². The molecule has 2 saturated heterocycles. The number of sulfonamides is 1. The van der Waals surface area contributed by atoms with Crippen molar-refractivity contribution in [2.45, 2.75) is 68.7 Å². The van der Waals surface area contributed by atoms with Crippen molar-refractivity contribution in [2.24, 2.45) is 5.92 Å². The summed E-state index contributed by atoms with van der Waals surface area (Å²) in [7, 11) is -3.54. The number of ketones is 1. The van der Waals surface area contributed by atoms with Crippen LogP contribution in [-0.4, -0.2) is 59.6 Å². The summed E-state index contributed by atoms with van der Waals surface area (Å²) in [5.41, 5.74) is 1.53. The lowest BCUT2D eigenvalue weighted by atomic mass is 10.0. The predicted molar refractivity (Wildman–Crippen MR) is 122 cm³/mol. The molecular formula is C22H31N3O4S2. The molecule has 0 radical (unpaired) electrons. The summed E-state index contributed by atoms with van der Waals surface area (Å²) >= 11 is 1.42. The molecule has 9 heteroatoms. The second kappa shape index (κ2) is 9.60. The number of thioether (sulfide) groups is 1. The molecule has 0 saturated carbocycles. The standard InChI is InChI=1S/C22H31N3O4S2/c1-3-17(26)15-30-22-23-20-12-19(31(27,28)24-10-4-6-16(2)13-24)8-9-21(20)25(22)14-18-7-5-11-29-18/h8-9,12,16,18H,3-7,10-11,13-15H2,1-2H3/t16-,18-/m0/s1. The highest BCUT2D eigenvalue weighted by Gasteiger charge is 2.29. The third kappa shape index (κ3) is 4.99. The van der Waals surface area contributed by atoms with Crippen LogP contribution in [0.5, 0.6) is 0 Å². The van der Waals surface area contributed by atoms with Gasteiger partial charge in [-0.05, 0) is 49.8 Å². The fourth-order valence-electron chi connectivity index (χ4n) is 4.29. The molecule has 3 heterocycles. The zero-order valence-corrected chi connectivity index (χ0v) is 19.9. The molecule has 0 aliphatic carbocycles. The molecule has 31 heavy (non-hydrogen) atoms. The molecule has 4 rings (SSSR count). The summed E-state index contributed by atoms with van der Waals surface area (Å²) in [6.07, 6.45) is 4.62. The van der Waals surface area contributed by atoms with E-state index in [0.717, 1.165) is 43.0 Å². The van der Waals surface area contributed by atoms with Gasteiger partial charge in [0.15, 0.2) is 5.16 Å². The summed E-state index contributed by atoms with van der Waals surface area (Å²) in [6.45, 7) is 6.52. The van der Waals surface area contributed by atoms with Crippen LogP contribution in [0.4, 0.5) is 0 Å². The zero-order valence-electron chi connectivity index (χ0n) is 18.2. The van der Waals surface area contributed by atoms with Gasteiger partial charge < -0.3 is 9.30 Å². The molecule has 170 valence electrons. The van der Waals surface area contributed by atoms with Gasteiger partial charge in [-0.1, -0.05) is 25.6 Å². The largest absolute Gasteiger partial charge is 0.376 e. The maximum Gasteiger partial charge on any atom is 0.243 e. The van der Waals surface area contributed by atoms with Gasteiger partial charge in [0.05, 0.1) is 34.3 Å². The molecule has 2 aromatic rings. The number of fused-ring (bicyclic) bond motifs is 1. The molecule has 1 aromatic carbocycles. The number of nitrogens with zero attached hydrogens (tertiary/aromatic N) is 3. The molecule has 0 spiro atoms. The Morgan fingerprint density at radius 2 is 2.13 bits per heavy atom. The second-order valence-electron chi connectivity index (χ2n) is 8.58. The van der Waals surface area contributed by atoms with Crippen molar-refractivity contribution in [3.05, 3.63) is 18.2 Å². The normalized spacial score (nSPS) is 22.9. The minimum absolute atomic E-state index is 0.122. The molecule has 0 bridgehead atoms. The predicted octanol–water partition coefficient (Wildman–Crippen LogP) is 3.71. The van der Waals surface area contributed by atoms with E-state index in [1.165, 1.54) is 11.8 Å². The first-order valence-electron chi connectivity index (χ1n) is 11.1. The lowest BCUT2D eigenvalue weighted by Crippen LogP contribution is -2.39. The van der Waals surface area contributed by atoms with Crippen LogP contribution in [0, 0.1) is 5.92 Å². The number of hydrogen-bond acceptors (Lipinski definition) is 6. The Bertz CT molecular complexity index is 1040. The molecule has 2 fully saturated rings. The van der Waals surface area contributed by atoms with E-state index in [0.29, 0.717) is 43.2 Å². The summed E-state index contributed by atoms with van der Waals surface area (Å²) in [5.74, 6) is 0.905. The van der Waals surface area contributed by atoms with E-state index in [1.807, 2.05) is 13.0 Å². The van der Waals surface area contributed by atoms with Crippen LogP contribution in [0.25, 0.3) is 11.0 Å². The van der Waals surface area contributed by atoms with E-state index in [4.69, 9.17) is 9.72 Å². The van der Waals surface area contributed by atoms with Gasteiger partial charge in [0.1, 0.15) is 5.78 Å². The van der Waals surface area contributed by atoms with Gasteiger partial charge in [-0.25, -0.2) is 13.4 Å². The second-order valence-corrected chi connectivity index (χ2v) is 11.5. The van der Waals surface area contributed by atoms with Crippen molar-refractivity contribution in [2.75, 3.05) is 25.4 Å². The third-order valence-corrected chi connectivity index (χ3v) is 9.01. The van der Waals surface area contributed by atoms with Gasteiger partial charge in [-0.2, -0.15) is 4.31 Å². The number of aromatic nitrogens is 2. The first kappa shape index (κ1) is 22.8. The first-order chi connectivity index (χ1) is 14.9. The van der Waals surface area contributed by atoms with E-state index in [1.54, 1.807) is 16.4 Å². The first-order valence-corrected chi connectivity index (χ1v) is 13.6. The number of imidazole rings is 1. The smallest absolute Gasteiger partial charge is 0.243 e. The minimum Gasteiger partial charge on any atom is -0.376 e. The molecule has 7 nitrogen and oxygen atoms in total.